The Morgan fingerprint density at radius 2 is 2.12 bits per heavy atom. The van der Waals surface area contributed by atoms with E-state index in [1.54, 1.807) is 0 Å². The van der Waals surface area contributed by atoms with Gasteiger partial charge in [-0.2, -0.15) is 0 Å². The van der Waals surface area contributed by atoms with Crippen molar-refractivity contribution in [1.29, 1.82) is 0 Å². The Kier molecular flexibility index (Phi) is 6.37. The SMILES string of the molecule is COCCS(=O)(=O)N1CCCC(C(=O)Nc2cc(C)ccc2C)C1. The second-order valence-electron chi connectivity index (χ2n) is 6.31. The lowest BCUT2D eigenvalue weighted by Gasteiger charge is -2.31. The zero-order valence-corrected chi connectivity index (χ0v) is 15.4. The van der Waals surface area contributed by atoms with Crippen LogP contribution in [0.4, 0.5) is 5.69 Å². The fourth-order valence-electron chi connectivity index (χ4n) is 2.83. The number of carbonyl (C=O) groups is 1. The topological polar surface area (TPSA) is 75.7 Å². The number of hydrogen-bond donors (Lipinski definition) is 1. The predicted molar refractivity (Wildman–Crippen MR) is 94.5 cm³/mol. The van der Waals surface area contributed by atoms with Crippen LogP contribution in [0.3, 0.4) is 0 Å². The second-order valence-corrected chi connectivity index (χ2v) is 8.40. The monoisotopic (exact) mass is 354 g/mol. The Labute approximate surface area is 144 Å². The molecule has 1 heterocycles. The van der Waals surface area contributed by atoms with Gasteiger partial charge in [-0.1, -0.05) is 12.1 Å². The van der Waals surface area contributed by atoms with Crippen molar-refractivity contribution < 1.29 is 17.9 Å². The van der Waals surface area contributed by atoms with Crippen molar-refractivity contribution in [3.8, 4) is 0 Å². The summed E-state index contributed by atoms with van der Waals surface area (Å²) in [5.41, 5.74) is 2.86. The van der Waals surface area contributed by atoms with E-state index in [9.17, 15) is 13.2 Å². The molecule has 0 aromatic heterocycles. The van der Waals surface area contributed by atoms with Crippen LogP contribution in [0.5, 0.6) is 0 Å². The summed E-state index contributed by atoms with van der Waals surface area (Å²) >= 11 is 0. The maximum absolute atomic E-state index is 12.6. The molecule has 134 valence electrons. The van der Waals surface area contributed by atoms with Gasteiger partial charge in [0.1, 0.15) is 0 Å². The summed E-state index contributed by atoms with van der Waals surface area (Å²) in [6.07, 6.45) is 1.39. The molecule has 0 spiro atoms. The van der Waals surface area contributed by atoms with Gasteiger partial charge in [-0.25, -0.2) is 12.7 Å². The van der Waals surface area contributed by atoms with Crippen LogP contribution >= 0.6 is 0 Å². The summed E-state index contributed by atoms with van der Waals surface area (Å²) in [4.78, 5) is 12.6. The van der Waals surface area contributed by atoms with E-state index in [4.69, 9.17) is 4.74 Å². The predicted octanol–water partition coefficient (Wildman–Crippen LogP) is 1.93. The van der Waals surface area contributed by atoms with E-state index in [1.165, 1.54) is 11.4 Å². The average molecular weight is 354 g/mol. The number of hydrogen-bond acceptors (Lipinski definition) is 4. The molecule has 0 bridgehead atoms. The molecule has 1 atom stereocenters. The lowest BCUT2D eigenvalue weighted by atomic mass is 9.98. The number of piperidine rings is 1. The Balaban J connectivity index is 2.03. The number of rotatable bonds is 6. The largest absolute Gasteiger partial charge is 0.384 e. The highest BCUT2D eigenvalue weighted by Crippen LogP contribution is 2.23. The minimum Gasteiger partial charge on any atom is -0.384 e. The molecule has 1 saturated heterocycles. The molecule has 0 radical (unpaired) electrons. The summed E-state index contributed by atoms with van der Waals surface area (Å²) in [6, 6.07) is 5.90. The summed E-state index contributed by atoms with van der Waals surface area (Å²) in [5, 5.41) is 2.95. The van der Waals surface area contributed by atoms with Gasteiger partial charge >= 0.3 is 0 Å². The van der Waals surface area contributed by atoms with Gasteiger partial charge in [-0.3, -0.25) is 4.79 Å². The molecule has 1 fully saturated rings. The van der Waals surface area contributed by atoms with E-state index in [1.807, 2.05) is 32.0 Å². The van der Waals surface area contributed by atoms with E-state index >= 15 is 0 Å². The van der Waals surface area contributed by atoms with Crippen LogP contribution in [0.1, 0.15) is 24.0 Å². The third-order valence-corrected chi connectivity index (χ3v) is 6.15. The first-order valence-electron chi connectivity index (χ1n) is 8.18. The lowest BCUT2D eigenvalue weighted by Crippen LogP contribution is -2.45. The molecule has 24 heavy (non-hydrogen) atoms. The quantitative estimate of drug-likeness (QED) is 0.847. The van der Waals surface area contributed by atoms with Crippen LogP contribution in [-0.4, -0.2) is 51.2 Å². The van der Waals surface area contributed by atoms with Gasteiger partial charge < -0.3 is 10.1 Å². The maximum atomic E-state index is 12.6. The first-order chi connectivity index (χ1) is 11.3. The van der Waals surface area contributed by atoms with Crippen LogP contribution in [0, 0.1) is 19.8 Å². The number of nitrogens with one attached hydrogen (secondary N) is 1. The molecule has 7 heteroatoms. The fourth-order valence-corrected chi connectivity index (χ4v) is 4.28. The van der Waals surface area contributed by atoms with Crippen molar-refractivity contribution in [3.05, 3.63) is 29.3 Å². The second kappa shape index (κ2) is 8.09. The van der Waals surface area contributed by atoms with Crippen LogP contribution in [0.2, 0.25) is 0 Å². The van der Waals surface area contributed by atoms with E-state index in [0.29, 0.717) is 19.4 Å². The summed E-state index contributed by atoms with van der Waals surface area (Å²) in [6.45, 7) is 4.79. The van der Waals surface area contributed by atoms with Crippen molar-refractivity contribution >= 4 is 21.6 Å². The van der Waals surface area contributed by atoms with Crippen molar-refractivity contribution in [1.82, 2.24) is 4.31 Å². The molecule has 1 aromatic carbocycles. The first-order valence-corrected chi connectivity index (χ1v) is 9.79. The Bertz CT molecular complexity index is 688. The van der Waals surface area contributed by atoms with Crippen LogP contribution in [-0.2, 0) is 19.6 Å². The van der Waals surface area contributed by atoms with Crippen molar-refractivity contribution in [2.75, 3.05) is 37.9 Å². The number of carbonyl (C=O) groups excluding carboxylic acids is 1. The molecule has 6 nitrogen and oxygen atoms in total. The first kappa shape index (κ1) is 18.9. The van der Waals surface area contributed by atoms with Gasteiger partial charge in [0.15, 0.2) is 0 Å². The van der Waals surface area contributed by atoms with E-state index < -0.39 is 10.0 Å². The number of nitrogens with zero attached hydrogens (tertiary/aromatic N) is 1. The zero-order valence-electron chi connectivity index (χ0n) is 14.5. The number of ether oxygens (including phenoxy) is 1. The number of sulfonamides is 1. The maximum Gasteiger partial charge on any atom is 0.228 e. The summed E-state index contributed by atoms with van der Waals surface area (Å²) in [7, 11) is -1.89. The highest BCUT2D eigenvalue weighted by Gasteiger charge is 2.32. The standard InChI is InChI=1S/C17H26N2O4S/c1-13-6-7-14(2)16(11-13)18-17(20)15-5-4-8-19(12-15)24(21,22)10-9-23-3/h6-7,11,15H,4-5,8-10,12H2,1-3H3,(H,18,20). The van der Waals surface area contributed by atoms with Crippen LogP contribution < -0.4 is 5.32 Å². The van der Waals surface area contributed by atoms with Crippen LogP contribution in [0.15, 0.2) is 18.2 Å². The van der Waals surface area contributed by atoms with E-state index in [0.717, 1.165) is 16.8 Å². The molecule has 1 aromatic rings. The van der Waals surface area contributed by atoms with Gasteiger partial charge in [-0.05, 0) is 43.9 Å². The average Bonchev–Trinajstić information content (AvgIpc) is 2.56. The summed E-state index contributed by atoms with van der Waals surface area (Å²) < 4.78 is 30.8. The van der Waals surface area contributed by atoms with Crippen molar-refractivity contribution in [2.24, 2.45) is 5.92 Å². The highest BCUT2D eigenvalue weighted by atomic mass is 32.2. The summed E-state index contributed by atoms with van der Waals surface area (Å²) in [5.74, 6) is -0.485. The van der Waals surface area contributed by atoms with Gasteiger partial charge in [0.25, 0.3) is 0 Å². The van der Waals surface area contributed by atoms with Gasteiger partial charge in [0.2, 0.25) is 15.9 Å². The highest BCUT2D eigenvalue weighted by molar-refractivity contribution is 7.89. The fraction of sp³-hybridized carbons (Fsp3) is 0.588. The minimum atomic E-state index is -3.37. The van der Waals surface area contributed by atoms with Crippen LogP contribution in [0.25, 0.3) is 0 Å². The normalized spacial score (nSPS) is 19.2. The molecule has 1 aliphatic heterocycles. The molecule has 0 saturated carbocycles. The third kappa shape index (κ3) is 4.78. The molecule has 2 rings (SSSR count). The van der Waals surface area contributed by atoms with E-state index in [-0.39, 0.29) is 30.7 Å². The van der Waals surface area contributed by atoms with Gasteiger partial charge in [0.05, 0.1) is 18.3 Å². The minimum absolute atomic E-state index is 0.0468. The Morgan fingerprint density at radius 3 is 2.83 bits per heavy atom. The molecule has 1 amide bonds. The molecular formula is C17H26N2O4S. The number of benzene rings is 1. The zero-order chi connectivity index (χ0) is 17.7. The molecule has 0 aliphatic carbocycles. The van der Waals surface area contributed by atoms with Gasteiger partial charge in [0, 0.05) is 25.9 Å². The molecular weight excluding hydrogens is 328 g/mol. The molecule has 1 unspecified atom stereocenters. The number of aryl methyl sites for hydroxylation is 2. The van der Waals surface area contributed by atoms with Crippen molar-refractivity contribution in [2.45, 2.75) is 26.7 Å². The van der Waals surface area contributed by atoms with Crippen molar-refractivity contribution in [3.63, 3.8) is 0 Å². The number of methoxy groups -OCH3 is 1. The Hall–Kier alpha value is -1.44. The lowest BCUT2D eigenvalue weighted by molar-refractivity contribution is -0.120. The third-order valence-electron chi connectivity index (χ3n) is 4.34. The Morgan fingerprint density at radius 1 is 1.38 bits per heavy atom. The molecule has 1 aliphatic rings. The van der Waals surface area contributed by atoms with E-state index in [2.05, 4.69) is 5.32 Å². The van der Waals surface area contributed by atoms with Gasteiger partial charge in [-0.15, -0.1) is 0 Å². The number of amides is 1. The molecule has 1 N–H and O–H groups in total. The number of anilines is 1. The smallest absolute Gasteiger partial charge is 0.228 e.